The second-order valence-corrected chi connectivity index (χ2v) is 9.58. The maximum Gasteiger partial charge on any atom is 0.423 e. The minimum Gasteiger partial charge on any atom is -0.490 e. The lowest BCUT2D eigenvalue weighted by molar-refractivity contribution is -0.138. The topological polar surface area (TPSA) is 113 Å². The minimum atomic E-state index is -4.86. The molecule has 220 valence electrons. The van der Waals surface area contributed by atoms with Crippen LogP contribution in [0.5, 0.6) is 5.75 Å². The quantitative estimate of drug-likeness (QED) is 0.363. The van der Waals surface area contributed by atoms with Crippen molar-refractivity contribution < 1.29 is 40.6 Å². The van der Waals surface area contributed by atoms with Gasteiger partial charge in [0.1, 0.15) is 5.56 Å². The molecule has 0 radical (unpaired) electrons. The number of anilines is 2. The van der Waals surface area contributed by atoms with E-state index in [2.05, 4.69) is 15.4 Å². The number of hydrogen-bond donors (Lipinski definition) is 2. The van der Waals surface area contributed by atoms with E-state index in [9.17, 15) is 35.9 Å². The summed E-state index contributed by atoms with van der Waals surface area (Å²) in [5, 5.41) is 7.75. The average Bonchev–Trinajstić information content (AvgIpc) is 3.05. The number of nitrogens with one attached hydrogen (secondary N) is 2. The zero-order valence-corrected chi connectivity index (χ0v) is 21.4. The molecule has 2 aliphatic heterocycles. The monoisotopic (exact) mass is 578 g/mol. The van der Waals surface area contributed by atoms with Crippen molar-refractivity contribution in [3.8, 4) is 5.75 Å². The van der Waals surface area contributed by atoms with Crippen LogP contribution in [0.4, 0.5) is 37.8 Å². The number of nitrogens with zero attached hydrogens (tertiary/aromatic N) is 4. The maximum atomic E-state index is 13.2. The molecule has 0 spiro atoms. The summed E-state index contributed by atoms with van der Waals surface area (Å²) >= 11 is 0. The molecule has 0 aromatic carbocycles. The van der Waals surface area contributed by atoms with E-state index in [1.54, 1.807) is 16.9 Å². The molecule has 40 heavy (non-hydrogen) atoms. The molecule has 1 saturated heterocycles. The fraction of sp³-hybridized carbons (Fsp3) is 0.583. The molecule has 0 aliphatic carbocycles. The number of aromatic amines is 1. The van der Waals surface area contributed by atoms with E-state index in [-0.39, 0.29) is 43.9 Å². The lowest BCUT2D eigenvalue weighted by Crippen LogP contribution is -2.55. The highest BCUT2D eigenvalue weighted by atomic mass is 19.4. The van der Waals surface area contributed by atoms with Crippen LogP contribution in [0.25, 0.3) is 0 Å². The number of fused-ring (bicyclic) bond motifs is 3. The first-order chi connectivity index (χ1) is 18.8. The van der Waals surface area contributed by atoms with Gasteiger partial charge in [-0.15, -0.1) is 0 Å². The first kappa shape index (κ1) is 29.4. The summed E-state index contributed by atoms with van der Waals surface area (Å²) in [6, 6.07) is 0.215. The van der Waals surface area contributed by atoms with Gasteiger partial charge in [-0.2, -0.15) is 31.4 Å². The number of halogens is 6. The van der Waals surface area contributed by atoms with Gasteiger partial charge in [-0.3, -0.25) is 9.59 Å². The second-order valence-electron chi connectivity index (χ2n) is 9.58. The Morgan fingerprint density at radius 3 is 2.73 bits per heavy atom. The van der Waals surface area contributed by atoms with E-state index >= 15 is 0 Å². The molecule has 0 saturated carbocycles. The standard InChI is InChI=1S/C24H28F6N6O4/c1-14(33-17-11-32-34-22(38)20(17)24(28,29)30)13-39-7-2-3-19(37)35-5-6-36-16(12-35)4-8-40-18-9-15(23(25,26)27)10-31-21(18)36/h9-11,14,16H,2-8,12-13H2,1H3,(H2,33,34,38)/t14-,16?/m0/s1. The molecule has 2 aromatic heterocycles. The Hall–Kier alpha value is -3.56. The Morgan fingerprint density at radius 1 is 1.23 bits per heavy atom. The van der Waals surface area contributed by atoms with E-state index in [1.807, 2.05) is 4.90 Å². The van der Waals surface area contributed by atoms with Crippen molar-refractivity contribution in [2.45, 2.75) is 50.6 Å². The molecule has 2 N–H and O–H groups in total. The molecule has 1 amide bonds. The molecule has 4 heterocycles. The van der Waals surface area contributed by atoms with Crippen molar-refractivity contribution in [2.24, 2.45) is 0 Å². The maximum absolute atomic E-state index is 13.2. The Labute approximate surface area is 224 Å². The molecule has 1 fully saturated rings. The van der Waals surface area contributed by atoms with Gasteiger partial charge in [0.25, 0.3) is 5.56 Å². The molecule has 10 nitrogen and oxygen atoms in total. The molecule has 1 unspecified atom stereocenters. The third-order valence-electron chi connectivity index (χ3n) is 6.57. The second kappa shape index (κ2) is 11.9. The molecule has 0 bridgehead atoms. The van der Waals surface area contributed by atoms with E-state index in [0.717, 1.165) is 18.5 Å². The summed E-state index contributed by atoms with van der Waals surface area (Å²) < 4.78 is 89.7. The Balaban J connectivity index is 1.22. The number of carbonyl (C=O) groups is 1. The van der Waals surface area contributed by atoms with E-state index < -0.39 is 40.8 Å². The Kier molecular flexibility index (Phi) is 8.75. The van der Waals surface area contributed by atoms with E-state index in [0.29, 0.717) is 38.3 Å². The van der Waals surface area contributed by atoms with Crippen LogP contribution < -0.4 is 20.5 Å². The normalized spacial score (nSPS) is 18.3. The fourth-order valence-corrected chi connectivity index (χ4v) is 4.67. The number of aromatic nitrogens is 3. The van der Waals surface area contributed by atoms with E-state index in [4.69, 9.17) is 9.47 Å². The number of carbonyl (C=O) groups excluding carboxylic acids is 1. The van der Waals surface area contributed by atoms with Gasteiger partial charge in [0.2, 0.25) is 5.91 Å². The van der Waals surface area contributed by atoms with Crippen LogP contribution in [-0.2, 0) is 21.9 Å². The average molecular weight is 579 g/mol. The summed E-state index contributed by atoms with van der Waals surface area (Å²) in [6.07, 6.45) is -6.65. The number of rotatable bonds is 8. The predicted octanol–water partition coefficient (Wildman–Crippen LogP) is 3.30. The molecular formula is C24H28F6N6O4. The van der Waals surface area contributed by atoms with Crippen LogP contribution in [0.1, 0.15) is 37.3 Å². The third kappa shape index (κ3) is 6.95. The number of pyridine rings is 1. The summed E-state index contributed by atoms with van der Waals surface area (Å²) in [7, 11) is 0. The summed E-state index contributed by atoms with van der Waals surface area (Å²) in [5.74, 6) is 0.296. The Morgan fingerprint density at radius 2 is 2.00 bits per heavy atom. The van der Waals surface area contributed by atoms with Gasteiger partial charge in [0.15, 0.2) is 11.6 Å². The van der Waals surface area contributed by atoms with Crippen LogP contribution in [0.2, 0.25) is 0 Å². The van der Waals surface area contributed by atoms with Gasteiger partial charge in [-0.25, -0.2) is 10.1 Å². The minimum absolute atomic E-state index is 0.0293. The highest BCUT2D eigenvalue weighted by Gasteiger charge is 2.38. The van der Waals surface area contributed by atoms with Gasteiger partial charge in [-0.1, -0.05) is 0 Å². The SMILES string of the molecule is C[C@@H](COCCCC(=O)N1CCN2c3ncc(C(F)(F)F)cc3OCCC2C1)Nc1cn[nH]c(=O)c1C(F)(F)F. The lowest BCUT2D eigenvalue weighted by Gasteiger charge is -2.41. The van der Waals surface area contributed by atoms with Crippen LogP contribution >= 0.6 is 0 Å². The fourth-order valence-electron chi connectivity index (χ4n) is 4.67. The van der Waals surface area contributed by atoms with Crippen molar-refractivity contribution in [3.05, 3.63) is 39.9 Å². The van der Waals surface area contributed by atoms with Gasteiger partial charge >= 0.3 is 12.4 Å². The van der Waals surface area contributed by atoms with Gasteiger partial charge in [0.05, 0.1) is 36.7 Å². The van der Waals surface area contributed by atoms with Crippen LogP contribution in [0.3, 0.4) is 0 Å². The Bertz CT molecular complexity index is 1250. The molecule has 16 heteroatoms. The first-order valence-corrected chi connectivity index (χ1v) is 12.6. The third-order valence-corrected chi connectivity index (χ3v) is 6.57. The van der Waals surface area contributed by atoms with Crippen LogP contribution in [-0.4, -0.2) is 77.5 Å². The molecule has 2 aliphatic rings. The first-order valence-electron chi connectivity index (χ1n) is 12.6. The summed E-state index contributed by atoms with van der Waals surface area (Å²) in [4.78, 5) is 31.9. The van der Waals surface area contributed by atoms with E-state index in [1.165, 1.54) is 0 Å². The summed E-state index contributed by atoms with van der Waals surface area (Å²) in [6.45, 7) is 3.12. The number of amides is 1. The number of alkyl halides is 6. The molecule has 2 aromatic rings. The van der Waals surface area contributed by atoms with Crippen molar-refractivity contribution in [1.29, 1.82) is 0 Å². The zero-order valence-electron chi connectivity index (χ0n) is 21.4. The number of ether oxygens (including phenoxy) is 2. The number of H-pyrrole nitrogens is 1. The van der Waals surface area contributed by atoms with Crippen molar-refractivity contribution in [1.82, 2.24) is 20.1 Å². The van der Waals surface area contributed by atoms with Crippen molar-refractivity contribution in [2.75, 3.05) is 49.7 Å². The highest BCUT2D eigenvalue weighted by molar-refractivity contribution is 5.76. The van der Waals surface area contributed by atoms with Gasteiger partial charge in [0, 0.05) is 51.3 Å². The number of piperazine rings is 1. The van der Waals surface area contributed by atoms with Crippen molar-refractivity contribution in [3.63, 3.8) is 0 Å². The lowest BCUT2D eigenvalue weighted by atomic mass is 10.1. The van der Waals surface area contributed by atoms with Crippen molar-refractivity contribution >= 4 is 17.4 Å². The molecule has 4 rings (SSSR count). The molecular weight excluding hydrogens is 550 g/mol. The van der Waals surface area contributed by atoms with Gasteiger partial charge in [-0.05, 0) is 19.4 Å². The zero-order chi connectivity index (χ0) is 29.1. The van der Waals surface area contributed by atoms with Crippen LogP contribution in [0, 0.1) is 0 Å². The molecule has 2 atom stereocenters. The van der Waals surface area contributed by atoms with Crippen LogP contribution in [0.15, 0.2) is 23.3 Å². The smallest absolute Gasteiger partial charge is 0.423 e. The van der Waals surface area contributed by atoms with Gasteiger partial charge < -0.3 is 24.6 Å². The largest absolute Gasteiger partial charge is 0.490 e. The summed E-state index contributed by atoms with van der Waals surface area (Å²) in [5.41, 5.74) is -4.06. The number of hydrogen-bond acceptors (Lipinski definition) is 8. The predicted molar refractivity (Wildman–Crippen MR) is 130 cm³/mol. The highest BCUT2D eigenvalue weighted by Crippen LogP contribution is 2.38.